The second-order valence-corrected chi connectivity index (χ2v) is 6.97. The molecule has 1 aromatic heterocycles. The normalized spacial score (nSPS) is 10.5. The van der Waals surface area contributed by atoms with E-state index in [0.29, 0.717) is 5.69 Å². The summed E-state index contributed by atoms with van der Waals surface area (Å²) in [4.78, 5) is 27.6. The van der Waals surface area contributed by atoms with Crippen LogP contribution in [0.5, 0.6) is 11.5 Å². The molecular formula is C24H26N2O4. The van der Waals surface area contributed by atoms with Crippen molar-refractivity contribution in [1.82, 2.24) is 4.98 Å². The van der Waals surface area contributed by atoms with E-state index in [-0.39, 0.29) is 29.4 Å². The van der Waals surface area contributed by atoms with Gasteiger partial charge in [-0.3, -0.25) is 9.59 Å². The standard InChI is InChI=1S/C24H26N2O4/c1-3-4-6-17-9-11-19(12-10-17)26-24(28)21-14-22(27)23(15-25-21)30-16-18-7-5-8-20(13-18)29-2/h5,7-15H,3-4,6,16H2,1-2H3,(H,25,27)(H,26,28). The van der Waals surface area contributed by atoms with Crippen molar-refractivity contribution in [3.05, 3.63) is 87.8 Å². The van der Waals surface area contributed by atoms with Gasteiger partial charge in [-0.2, -0.15) is 0 Å². The first kappa shape index (κ1) is 21.2. The number of anilines is 1. The Labute approximate surface area is 175 Å². The van der Waals surface area contributed by atoms with Crippen LogP contribution < -0.4 is 20.2 Å². The lowest BCUT2D eigenvalue weighted by molar-refractivity contribution is 0.102. The number of aryl methyl sites for hydroxylation is 1. The Kier molecular flexibility index (Phi) is 7.27. The molecule has 0 atom stereocenters. The lowest BCUT2D eigenvalue weighted by Gasteiger charge is -2.09. The molecule has 30 heavy (non-hydrogen) atoms. The van der Waals surface area contributed by atoms with E-state index in [0.717, 1.165) is 30.6 Å². The molecule has 0 aliphatic heterocycles. The average Bonchev–Trinajstić information content (AvgIpc) is 2.78. The minimum Gasteiger partial charge on any atom is -0.497 e. The maximum Gasteiger partial charge on any atom is 0.272 e. The molecule has 156 valence electrons. The van der Waals surface area contributed by atoms with Crippen molar-refractivity contribution < 1.29 is 14.3 Å². The van der Waals surface area contributed by atoms with Crippen molar-refractivity contribution in [2.45, 2.75) is 32.8 Å². The first-order chi connectivity index (χ1) is 14.6. The Balaban J connectivity index is 1.61. The molecule has 1 heterocycles. The van der Waals surface area contributed by atoms with Gasteiger partial charge in [-0.05, 0) is 48.2 Å². The molecule has 0 spiro atoms. The predicted octanol–water partition coefficient (Wildman–Crippen LogP) is 4.56. The van der Waals surface area contributed by atoms with E-state index in [2.05, 4.69) is 17.2 Å². The molecule has 2 N–H and O–H groups in total. The third kappa shape index (κ3) is 5.73. The highest BCUT2D eigenvalue weighted by Gasteiger charge is 2.10. The Morgan fingerprint density at radius 2 is 1.87 bits per heavy atom. The van der Waals surface area contributed by atoms with Gasteiger partial charge in [0.25, 0.3) is 5.91 Å². The average molecular weight is 406 g/mol. The van der Waals surface area contributed by atoms with Gasteiger partial charge in [-0.1, -0.05) is 37.6 Å². The molecule has 0 saturated heterocycles. The van der Waals surface area contributed by atoms with Crippen LogP contribution in [0.15, 0.2) is 65.6 Å². The number of benzene rings is 2. The number of unbranched alkanes of at least 4 members (excludes halogenated alkanes) is 1. The summed E-state index contributed by atoms with van der Waals surface area (Å²) in [6, 6.07) is 16.4. The number of aromatic nitrogens is 1. The molecule has 0 saturated carbocycles. The van der Waals surface area contributed by atoms with E-state index in [4.69, 9.17) is 9.47 Å². The number of nitrogens with one attached hydrogen (secondary N) is 2. The van der Waals surface area contributed by atoms with Gasteiger partial charge < -0.3 is 19.8 Å². The van der Waals surface area contributed by atoms with Crippen molar-refractivity contribution in [3.63, 3.8) is 0 Å². The number of methoxy groups -OCH3 is 1. The van der Waals surface area contributed by atoms with Crippen molar-refractivity contribution in [2.24, 2.45) is 0 Å². The van der Waals surface area contributed by atoms with E-state index < -0.39 is 0 Å². The fourth-order valence-corrected chi connectivity index (χ4v) is 2.96. The van der Waals surface area contributed by atoms with Gasteiger partial charge in [0.1, 0.15) is 18.1 Å². The highest BCUT2D eigenvalue weighted by Crippen LogP contribution is 2.15. The number of rotatable bonds is 9. The van der Waals surface area contributed by atoms with Crippen LogP contribution >= 0.6 is 0 Å². The highest BCUT2D eigenvalue weighted by atomic mass is 16.5. The van der Waals surface area contributed by atoms with Gasteiger partial charge in [-0.15, -0.1) is 0 Å². The largest absolute Gasteiger partial charge is 0.497 e. The number of H-pyrrole nitrogens is 1. The van der Waals surface area contributed by atoms with Crippen LogP contribution in [0, 0.1) is 0 Å². The van der Waals surface area contributed by atoms with Gasteiger partial charge in [0.05, 0.1) is 7.11 Å². The summed E-state index contributed by atoms with van der Waals surface area (Å²) in [5.74, 6) is 0.484. The monoisotopic (exact) mass is 406 g/mol. The number of pyridine rings is 1. The molecule has 1 amide bonds. The van der Waals surface area contributed by atoms with E-state index in [1.165, 1.54) is 17.8 Å². The summed E-state index contributed by atoms with van der Waals surface area (Å²) >= 11 is 0. The summed E-state index contributed by atoms with van der Waals surface area (Å²) in [5, 5.41) is 2.79. The molecule has 3 aromatic rings. The first-order valence-corrected chi connectivity index (χ1v) is 9.98. The topological polar surface area (TPSA) is 80.4 Å². The van der Waals surface area contributed by atoms with E-state index in [9.17, 15) is 9.59 Å². The van der Waals surface area contributed by atoms with Gasteiger partial charge in [-0.25, -0.2) is 0 Å². The minimum absolute atomic E-state index is 0.148. The Bertz CT molecular complexity index is 1040. The third-order valence-electron chi connectivity index (χ3n) is 4.68. The van der Waals surface area contributed by atoms with Crippen LogP contribution in [-0.4, -0.2) is 18.0 Å². The van der Waals surface area contributed by atoms with Gasteiger partial charge in [0.15, 0.2) is 5.75 Å². The molecule has 6 heteroatoms. The highest BCUT2D eigenvalue weighted by molar-refractivity contribution is 6.02. The molecule has 0 bridgehead atoms. The zero-order valence-corrected chi connectivity index (χ0v) is 17.2. The molecule has 3 rings (SSSR count). The molecule has 0 aliphatic carbocycles. The van der Waals surface area contributed by atoms with Crippen molar-refractivity contribution in [3.8, 4) is 11.5 Å². The Morgan fingerprint density at radius 1 is 1.07 bits per heavy atom. The van der Waals surface area contributed by atoms with E-state index in [1.54, 1.807) is 7.11 Å². The van der Waals surface area contributed by atoms with E-state index in [1.807, 2.05) is 48.5 Å². The van der Waals surface area contributed by atoms with Crippen LogP contribution in [0.1, 0.15) is 41.4 Å². The van der Waals surface area contributed by atoms with Crippen LogP contribution in [0.4, 0.5) is 5.69 Å². The maximum atomic E-state index is 12.4. The lowest BCUT2D eigenvalue weighted by atomic mass is 10.1. The molecule has 0 unspecified atom stereocenters. The zero-order valence-electron chi connectivity index (χ0n) is 17.2. The quantitative estimate of drug-likeness (QED) is 0.546. The molecule has 0 fully saturated rings. The van der Waals surface area contributed by atoms with Crippen LogP contribution in [0.25, 0.3) is 0 Å². The summed E-state index contributed by atoms with van der Waals surface area (Å²) in [7, 11) is 1.59. The second kappa shape index (κ2) is 10.3. The van der Waals surface area contributed by atoms with Gasteiger partial charge in [0, 0.05) is 18.0 Å². The smallest absolute Gasteiger partial charge is 0.272 e. The number of amides is 1. The molecular weight excluding hydrogens is 380 g/mol. The van der Waals surface area contributed by atoms with Gasteiger partial charge in [0.2, 0.25) is 5.43 Å². The SMILES string of the molecule is CCCCc1ccc(NC(=O)c2cc(=O)c(OCc3cccc(OC)c3)c[nH]2)cc1. The summed E-state index contributed by atoms with van der Waals surface area (Å²) in [6.45, 7) is 2.38. The summed E-state index contributed by atoms with van der Waals surface area (Å²) in [6.07, 6.45) is 4.71. The second-order valence-electron chi connectivity index (χ2n) is 6.97. The Hall–Kier alpha value is -3.54. The van der Waals surface area contributed by atoms with Gasteiger partial charge >= 0.3 is 0 Å². The molecule has 0 aliphatic rings. The minimum atomic E-state index is -0.382. The zero-order chi connectivity index (χ0) is 21.3. The van der Waals surface area contributed by atoms with Crippen LogP contribution in [0.2, 0.25) is 0 Å². The summed E-state index contributed by atoms with van der Waals surface area (Å²) in [5.41, 5.74) is 2.60. The third-order valence-corrected chi connectivity index (χ3v) is 4.68. The maximum absolute atomic E-state index is 12.4. The predicted molar refractivity (Wildman–Crippen MR) is 117 cm³/mol. The first-order valence-electron chi connectivity index (χ1n) is 9.98. The van der Waals surface area contributed by atoms with Crippen LogP contribution in [-0.2, 0) is 13.0 Å². The number of hydrogen-bond acceptors (Lipinski definition) is 4. The van der Waals surface area contributed by atoms with Crippen molar-refractivity contribution in [1.29, 1.82) is 0 Å². The van der Waals surface area contributed by atoms with Crippen LogP contribution in [0.3, 0.4) is 0 Å². The van der Waals surface area contributed by atoms with Crippen molar-refractivity contribution >= 4 is 11.6 Å². The number of ether oxygens (including phenoxy) is 2. The molecule has 2 aromatic carbocycles. The summed E-state index contributed by atoms with van der Waals surface area (Å²) < 4.78 is 10.8. The Morgan fingerprint density at radius 3 is 2.57 bits per heavy atom. The number of hydrogen-bond donors (Lipinski definition) is 2. The number of aromatic amines is 1. The van der Waals surface area contributed by atoms with Crippen molar-refractivity contribution in [2.75, 3.05) is 12.4 Å². The number of carbonyl (C=O) groups is 1. The molecule has 6 nitrogen and oxygen atoms in total. The fraction of sp³-hybridized carbons (Fsp3) is 0.250. The number of carbonyl (C=O) groups excluding carboxylic acids is 1. The van der Waals surface area contributed by atoms with E-state index >= 15 is 0 Å². The fourth-order valence-electron chi connectivity index (χ4n) is 2.96. The molecule has 0 radical (unpaired) electrons. The lowest BCUT2D eigenvalue weighted by Crippen LogP contribution is -2.17.